The number of aliphatic hydroxyl groups is 2. The first-order valence-corrected chi connectivity index (χ1v) is 22.1. The lowest BCUT2D eigenvalue weighted by atomic mass is 9.68. The number of morpholine rings is 2. The van der Waals surface area contributed by atoms with E-state index in [0.29, 0.717) is 63.8 Å². The molecule has 338 valence electrons. The molecule has 5 aliphatic heterocycles. The molecule has 5 fully saturated rings. The Balaban J connectivity index is 0.000000227. The third-order valence-corrected chi connectivity index (χ3v) is 11.9. The molecule has 0 aliphatic carbocycles. The lowest BCUT2D eigenvalue weighted by Gasteiger charge is -2.46. The maximum Gasteiger partial charge on any atom is 0.410 e. The number of hydrogen-bond acceptors (Lipinski definition) is 11. The van der Waals surface area contributed by atoms with Crippen molar-refractivity contribution in [2.75, 3.05) is 99.0 Å². The predicted molar refractivity (Wildman–Crippen MR) is 235 cm³/mol. The average molecular weight is 882 g/mol. The molecule has 0 saturated carbocycles. The monoisotopic (exact) mass is 880 g/mol. The van der Waals surface area contributed by atoms with Crippen molar-refractivity contribution in [1.29, 1.82) is 0 Å². The Kier molecular flexibility index (Phi) is 19.2. The van der Waals surface area contributed by atoms with E-state index >= 15 is 0 Å². The molecular weight excluding hydrogens is 811 g/mol. The average Bonchev–Trinajstić information content (AvgIpc) is 4.09. The van der Waals surface area contributed by atoms with E-state index in [1.54, 1.807) is 4.90 Å². The number of likely N-dealkylation sites (tertiary alicyclic amines) is 2. The quantitative estimate of drug-likeness (QED) is 0.273. The van der Waals surface area contributed by atoms with Gasteiger partial charge < -0.3 is 49.0 Å². The highest BCUT2D eigenvalue weighted by atomic mass is 35.5. The Morgan fingerprint density at radius 2 is 1.13 bits per heavy atom. The zero-order chi connectivity index (χ0) is 44.0. The maximum atomic E-state index is 12.5. The first-order chi connectivity index (χ1) is 28.5. The number of piperidine rings is 2. The Bertz CT molecular complexity index is 1560. The van der Waals surface area contributed by atoms with Crippen molar-refractivity contribution in [3.8, 4) is 0 Å². The van der Waals surface area contributed by atoms with Crippen LogP contribution >= 0.6 is 23.2 Å². The van der Waals surface area contributed by atoms with Gasteiger partial charge >= 0.3 is 12.2 Å². The third-order valence-electron chi connectivity index (χ3n) is 11.4. The van der Waals surface area contributed by atoms with Crippen LogP contribution in [0.1, 0.15) is 78.4 Å². The van der Waals surface area contributed by atoms with Gasteiger partial charge in [-0.05, 0) is 103 Å². The van der Waals surface area contributed by atoms with Gasteiger partial charge in [-0.25, -0.2) is 9.59 Å². The summed E-state index contributed by atoms with van der Waals surface area (Å²) in [4.78, 5) is 30.6. The van der Waals surface area contributed by atoms with Crippen LogP contribution in [0.5, 0.6) is 0 Å². The van der Waals surface area contributed by atoms with E-state index in [1.165, 1.54) is 5.56 Å². The van der Waals surface area contributed by atoms with E-state index in [4.69, 9.17) is 52.0 Å². The molecule has 0 radical (unpaired) electrons. The van der Waals surface area contributed by atoms with Crippen LogP contribution in [0, 0.1) is 0 Å². The van der Waals surface area contributed by atoms with Gasteiger partial charge in [0.2, 0.25) is 0 Å². The molecule has 15 heteroatoms. The van der Waals surface area contributed by atoms with Crippen molar-refractivity contribution in [3.05, 3.63) is 69.7 Å². The van der Waals surface area contributed by atoms with Crippen molar-refractivity contribution in [3.63, 3.8) is 0 Å². The van der Waals surface area contributed by atoms with Gasteiger partial charge in [-0.2, -0.15) is 0 Å². The summed E-state index contributed by atoms with van der Waals surface area (Å²) in [7, 11) is 1.00. The zero-order valence-corrected chi connectivity index (χ0v) is 38.4. The number of benzene rings is 2. The van der Waals surface area contributed by atoms with E-state index in [9.17, 15) is 14.7 Å². The van der Waals surface area contributed by atoms with Gasteiger partial charge in [-0.3, -0.25) is 4.90 Å². The van der Waals surface area contributed by atoms with E-state index in [2.05, 4.69) is 22.3 Å². The number of nitrogens with zero attached hydrogens (tertiary/aromatic N) is 3. The second kappa shape index (κ2) is 23.1. The Hall–Kier alpha value is -2.72. The maximum absolute atomic E-state index is 12.5. The van der Waals surface area contributed by atoms with Crippen molar-refractivity contribution in [1.82, 2.24) is 20.0 Å². The molecule has 0 spiro atoms. The van der Waals surface area contributed by atoms with Gasteiger partial charge in [-0.1, -0.05) is 47.5 Å². The number of nitrogens with one attached hydrogen (secondary N) is 1. The molecule has 2 aromatic carbocycles. The number of amides is 2. The summed E-state index contributed by atoms with van der Waals surface area (Å²) in [5.41, 5.74) is 0.934. The van der Waals surface area contributed by atoms with Crippen LogP contribution in [0.3, 0.4) is 0 Å². The Morgan fingerprint density at radius 3 is 1.52 bits per heavy atom. The fraction of sp³-hybridized carbons (Fsp3) is 0.689. The Labute approximate surface area is 367 Å². The molecule has 0 bridgehead atoms. The van der Waals surface area contributed by atoms with Crippen LogP contribution in [0.4, 0.5) is 9.59 Å². The van der Waals surface area contributed by atoms with Crippen LogP contribution < -0.4 is 5.32 Å². The van der Waals surface area contributed by atoms with E-state index < -0.39 is 22.7 Å². The van der Waals surface area contributed by atoms with Gasteiger partial charge in [0.05, 0.1) is 45.2 Å². The second-order valence-electron chi connectivity index (χ2n) is 17.9. The van der Waals surface area contributed by atoms with Gasteiger partial charge in [0.25, 0.3) is 0 Å². The number of aliphatic hydroxyl groups excluding tert-OH is 2. The molecule has 2 atom stereocenters. The summed E-state index contributed by atoms with van der Waals surface area (Å²) in [5, 5.41) is 22.9. The largest absolute Gasteiger partial charge is 0.444 e. The van der Waals surface area contributed by atoms with E-state index in [0.717, 1.165) is 76.5 Å². The Morgan fingerprint density at radius 1 is 0.717 bits per heavy atom. The minimum absolute atomic E-state index is 0.0108. The first-order valence-electron chi connectivity index (χ1n) is 21.3. The molecule has 5 heterocycles. The molecular formula is C45H70Cl2N4O9. The summed E-state index contributed by atoms with van der Waals surface area (Å²) in [6.45, 7) is 22.1. The molecule has 13 nitrogen and oxygen atoms in total. The van der Waals surface area contributed by atoms with Gasteiger partial charge in [-0.15, -0.1) is 0 Å². The standard InChI is InChI=1S/C22H33ClN2O4.C18H24ClNO3.C4H9NO.CH4O/c1-21(2,3)29-20(27)25-10-8-22(9-11-25,17-4-6-18(23)7-5-17)19(26)16-24-12-14-28-15-13-24;1-17(2,3)23-16(21)20-10-8-18(9-11-20,15-12-22-15)13-4-6-14(19)7-5-13;1-3-6-4-2-5-1;1-2/h4-7,19,26H,8-16H2,1-3H3;4-7,15H,8-12H2,1-3H3;5H,1-4H2;2H,1H3. The molecule has 0 aromatic heterocycles. The molecule has 60 heavy (non-hydrogen) atoms. The summed E-state index contributed by atoms with van der Waals surface area (Å²) in [5.74, 6) is 0. The molecule has 2 aromatic rings. The van der Waals surface area contributed by atoms with Crippen LogP contribution in [0.2, 0.25) is 10.0 Å². The zero-order valence-electron chi connectivity index (χ0n) is 36.9. The predicted octanol–water partition coefficient (Wildman–Crippen LogP) is 6.52. The highest BCUT2D eigenvalue weighted by Crippen LogP contribution is 2.45. The lowest BCUT2D eigenvalue weighted by molar-refractivity contribution is -0.0283. The van der Waals surface area contributed by atoms with Crippen molar-refractivity contribution in [2.45, 2.75) is 101 Å². The van der Waals surface area contributed by atoms with Crippen LogP contribution in [-0.2, 0) is 34.5 Å². The molecule has 2 unspecified atom stereocenters. The molecule has 2 amide bonds. The number of hydrogen-bond donors (Lipinski definition) is 3. The van der Waals surface area contributed by atoms with E-state index in [-0.39, 0.29) is 23.7 Å². The topological polar surface area (TPSA) is 146 Å². The smallest absolute Gasteiger partial charge is 0.410 e. The molecule has 5 aliphatic rings. The first kappa shape index (κ1) is 49.9. The summed E-state index contributed by atoms with van der Waals surface area (Å²) < 4.78 is 27.1. The number of carbonyl (C=O) groups excluding carboxylic acids is 2. The fourth-order valence-electron chi connectivity index (χ4n) is 8.09. The van der Waals surface area contributed by atoms with Crippen LogP contribution in [0.15, 0.2) is 48.5 Å². The van der Waals surface area contributed by atoms with Crippen LogP contribution in [-0.4, -0.2) is 160 Å². The highest BCUT2D eigenvalue weighted by molar-refractivity contribution is 6.30. The lowest BCUT2D eigenvalue weighted by Crippen LogP contribution is -2.55. The van der Waals surface area contributed by atoms with Gasteiger partial charge in [0.1, 0.15) is 11.2 Å². The summed E-state index contributed by atoms with van der Waals surface area (Å²) >= 11 is 12.1. The number of rotatable bonds is 6. The second-order valence-corrected chi connectivity index (χ2v) is 18.7. The SMILES string of the molecule is C1COCCN1.CC(C)(C)OC(=O)N1CCC(c2ccc(Cl)cc2)(C(O)CN2CCOCC2)CC1.CC(C)(C)OC(=O)N1CCC(c2ccc(Cl)cc2)(C2CO2)CC1.CO. The summed E-state index contributed by atoms with van der Waals surface area (Å²) in [6, 6.07) is 15.8. The number of β-amino-alcohol motifs (C(OH)–C–C–N with tert-alkyl or cyclic N) is 1. The van der Waals surface area contributed by atoms with Crippen LogP contribution in [0.25, 0.3) is 0 Å². The number of carbonyl (C=O) groups is 2. The normalized spacial score (nSPS) is 21.9. The minimum atomic E-state index is -0.539. The third kappa shape index (κ3) is 15.0. The highest BCUT2D eigenvalue weighted by Gasteiger charge is 2.50. The van der Waals surface area contributed by atoms with E-state index in [1.807, 2.05) is 82.8 Å². The summed E-state index contributed by atoms with van der Waals surface area (Å²) in [6.07, 6.45) is 2.34. The number of epoxide rings is 1. The van der Waals surface area contributed by atoms with Crippen molar-refractivity contribution >= 4 is 35.4 Å². The minimum Gasteiger partial charge on any atom is -0.444 e. The molecule has 7 rings (SSSR count). The van der Waals surface area contributed by atoms with Crippen molar-refractivity contribution in [2.24, 2.45) is 0 Å². The molecule has 3 N–H and O–H groups in total. The van der Waals surface area contributed by atoms with Gasteiger partial charge in [0, 0.05) is 86.9 Å². The molecule has 5 saturated heterocycles. The van der Waals surface area contributed by atoms with Crippen molar-refractivity contribution < 1.29 is 43.5 Å². The number of halogens is 2. The number of ether oxygens (including phenoxy) is 5. The fourth-order valence-corrected chi connectivity index (χ4v) is 8.34. The van der Waals surface area contributed by atoms with Gasteiger partial charge in [0.15, 0.2) is 0 Å².